The number of aromatic nitrogens is 1. The molecular weight excluding hydrogens is 307 g/mol. The average Bonchev–Trinajstić information content (AvgIpc) is 2.42. The highest BCUT2D eigenvalue weighted by Crippen LogP contribution is 2.27. The Labute approximate surface area is 135 Å². The topological polar surface area (TPSA) is 34.1 Å². The second-order valence-electron chi connectivity index (χ2n) is 5.13. The summed E-state index contributed by atoms with van der Waals surface area (Å²) >= 11 is 12.1. The molecule has 0 aliphatic rings. The van der Waals surface area contributed by atoms with Gasteiger partial charge in [-0.3, -0.25) is 0 Å². The maximum Gasteiger partial charge on any atom is 0.219 e. The summed E-state index contributed by atoms with van der Waals surface area (Å²) < 4.78 is 5.81. The van der Waals surface area contributed by atoms with E-state index in [1.165, 1.54) is 0 Å². The third kappa shape index (κ3) is 4.60. The monoisotopic (exact) mass is 324 g/mol. The first-order chi connectivity index (χ1) is 9.95. The Bertz CT molecular complexity index is 630. The van der Waals surface area contributed by atoms with Gasteiger partial charge in [0, 0.05) is 23.7 Å². The number of benzene rings is 1. The van der Waals surface area contributed by atoms with Gasteiger partial charge in [-0.05, 0) is 36.8 Å². The van der Waals surface area contributed by atoms with E-state index in [4.69, 9.17) is 27.9 Å². The number of aryl methyl sites for hydroxylation is 1. The average molecular weight is 325 g/mol. The van der Waals surface area contributed by atoms with E-state index >= 15 is 0 Å². The molecule has 1 aromatic heterocycles. The van der Waals surface area contributed by atoms with Crippen LogP contribution in [0.2, 0.25) is 10.0 Å². The van der Waals surface area contributed by atoms with E-state index in [2.05, 4.69) is 24.1 Å². The lowest BCUT2D eigenvalue weighted by molar-refractivity contribution is 0.455. The first-order valence-electron chi connectivity index (χ1n) is 6.78. The van der Waals surface area contributed by atoms with Gasteiger partial charge in [-0.1, -0.05) is 37.0 Å². The van der Waals surface area contributed by atoms with Crippen LogP contribution in [0, 0.1) is 6.92 Å². The third-order valence-corrected chi connectivity index (χ3v) is 3.50. The molecule has 0 fully saturated rings. The lowest BCUT2D eigenvalue weighted by Gasteiger charge is -2.12. The highest BCUT2D eigenvalue weighted by atomic mass is 35.5. The highest BCUT2D eigenvalue weighted by Gasteiger charge is 2.08. The smallest absolute Gasteiger partial charge is 0.219 e. The van der Waals surface area contributed by atoms with Gasteiger partial charge in [-0.25, -0.2) is 4.98 Å². The van der Waals surface area contributed by atoms with Crippen molar-refractivity contribution in [3.05, 3.63) is 51.6 Å². The molecule has 0 saturated carbocycles. The molecular formula is C16H18Cl2N2O. The van der Waals surface area contributed by atoms with Crippen LogP contribution < -0.4 is 10.1 Å². The Hall–Kier alpha value is -1.29. The molecule has 0 bridgehead atoms. The van der Waals surface area contributed by atoms with E-state index in [0.29, 0.717) is 28.5 Å². The van der Waals surface area contributed by atoms with Crippen molar-refractivity contribution in [3.8, 4) is 11.6 Å². The molecule has 1 N–H and O–H groups in total. The molecule has 2 aromatic rings. The van der Waals surface area contributed by atoms with Crippen LogP contribution in [0.5, 0.6) is 11.6 Å². The maximum absolute atomic E-state index is 6.16. The van der Waals surface area contributed by atoms with Gasteiger partial charge >= 0.3 is 0 Å². The van der Waals surface area contributed by atoms with E-state index < -0.39 is 0 Å². The molecule has 0 unspecified atom stereocenters. The van der Waals surface area contributed by atoms with Gasteiger partial charge in [-0.15, -0.1) is 0 Å². The van der Waals surface area contributed by atoms with Crippen LogP contribution >= 0.6 is 23.2 Å². The summed E-state index contributed by atoms with van der Waals surface area (Å²) in [6.45, 7) is 6.70. The minimum absolute atomic E-state index is 0.367. The largest absolute Gasteiger partial charge is 0.439 e. The first kappa shape index (κ1) is 16.1. The maximum atomic E-state index is 6.16. The zero-order valence-electron chi connectivity index (χ0n) is 12.3. The van der Waals surface area contributed by atoms with Crippen molar-refractivity contribution < 1.29 is 4.74 Å². The Morgan fingerprint density at radius 2 is 1.95 bits per heavy atom. The summed E-state index contributed by atoms with van der Waals surface area (Å²) in [6, 6.07) is 9.41. The second-order valence-corrected chi connectivity index (χ2v) is 5.97. The second kappa shape index (κ2) is 7.12. The van der Waals surface area contributed by atoms with Crippen LogP contribution in [0.4, 0.5) is 0 Å². The molecule has 2 rings (SSSR count). The number of nitrogens with zero attached hydrogens (tertiary/aromatic N) is 1. The number of nitrogens with one attached hydrogen (secondary N) is 1. The third-order valence-electron chi connectivity index (χ3n) is 2.92. The Morgan fingerprint density at radius 3 is 2.62 bits per heavy atom. The Balaban J connectivity index is 2.18. The molecule has 0 radical (unpaired) electrons. The minimum Gasteiger partial charge on any atom is -0.439 e. The number of ether oxygens (including phenoxy) is 1. The number of hydrogen-bond acceptors (Lipinski definition) is 3. The number of hydrogen-bond donors (Lipinski definition) is 1. The summed E-state index contributed by atoms with van der Waals surface area (Å²) in [7, 11) is 0. The van der Waals surface area contributed by atoms with Crippen LogP contribution in [-0.2, 0) is 6.54 Å². The molecule has 0 spiro atoms. The van der Waals surface area contributed by atoms with Crippen molar-refractivity contribution in [3.63, 3.8) is 0 Å². The molecule has 0 atom stereocenters. The van der Waals surface area contributed by atoms with E-state index in [-0.39, 0.29) is 0 Å². The van der Waals surface area contributed by atoms with Crippen LogP contribution in [0.1, 0.15) is 25.1 Å². The summed E-state index contributed by atoms with van der Waals surface area (Å²) in [4.78, 5) is 4.45. The fraction of sp³-hybridized carbons (Fsp3) is 0.312. The Kier molecular flexibility index (Phi) is 5.45. The molecule has 21 heavy (non-hydrogen) atoms. The highest BCUT2D eigenvalue weighted by molar-refractivity contribution is 6.31. The van der Waals surface area contributed by atoms with Crippen LogP contribution in [-0.4, -0.2) is 11.0 Å². The van der Waals surface area contributed by atoms with Gasteiger partial charge in [-0.2, -0.15) is 0 Å². The lowest BCUT2D eigenvalue weighted by Crippen LogP contribution is -2.22. The van der Waals surface area contributed by atoms with E-state index in [9.17, 15) is 0 Å². The van der Waals surface area contributed by atoms with Gasteiger partial charge in [0.05, 0.1) is 10.7 Å². The molecule has 5 heteroatoms. The van der Waals surface area contributed by atoms with Crippen molar-refractivity contribution in [2.45, 2.75) is 33.4 Å². The van der Waals surface area contributed by atoms with Crippen LogP contribution in [0.15, 0.2) is 30.3 Å². The van der Waals surface area contributed by atoms with Gasteiger partial charge < -0.3 is 10.1 Å². The van der Waals surface area contributed by atoms with E-state index in [0.717, 1.165) is 17.0 Å². The fourth-order valence-electron chi connectivity index (χ4n) is 1.79. The van der Waals surface area contributed by atoms with Crippen molar-refractivity contribution in [2.75, 3.05) is 0 Å². The van der Waals surface area contributed by atoms with Gasteiger partial charge in [0.25, 0.3) is 0 Å². The molecule has 0 aliphatic carbocycles. The SMILES string of the molecule is Cc1cc(Cl)ccc1Oc1ccc(Cl)c(CNC(C)C)n1. The number of pyridine rings is 1. The number of halogens is 2. The molecule has 3 nitrogen and oxygen atoms in total. The zero-order chi connectivity index (χ0) is 15.4. The molecule has 0 aliphatic heterocycles. The lowest BCUT2D eigenvalue weighted by atomic mass is 10.2. The standard InChI is InChI=1S/C16H18Cl2N2O/c1-10(2)19-9-14-13(18)5-7-16(20-14)21-15-6-4-12(17)8-11(15)3/h4-8,10,19H,9H2,1-3H3. The summed E-state index contributed by atoms with van der Waals surface area (Å²) in [5, 5.41) is 4.61. The summed E-state index contributed by atoms with van der Waals surface area (Å²) in [6.07, 6.45) is 0. The quantitative estimate of drug-likeness (QED) is 0.841. The van der Waals surface area contributed by atoms with Crippen molar-refractivity contribution in [1.29, 1.82) is 0 Å². The number of rotatable bonds is 5. The van der Waals surface area contributed by atoms with Crippen molar-refractivity contribution in [1.82, 2.24) is 10.3 Å². The normalized spacial score (nSPS) is 11.0. The molecule has 1 heterocycles. The Morgan fingerprint density at radius 1 is 1.19 bits per heavy atom. The van der Waals surface area contributed by atoms with Crippen LogP contribution in [0.25, 0.3) is 0 Å². The fourth-order valence-corrected chi connectivity index (χ4v) is 2.18. The summed E-state index contributed by atoms with van der Waals surface area (Å²) in [5.41, 5.74) is 1.73. The zero-order valence-corrected chi connectivity index (χ0v) is 13.8. The van der Waals surface area contributed by atoms with Crippen LogP contribution in [0.3, 0.4) is 0 Å². The van der Waals surface area contributed by atoms with Gasteiger partial charge in [0.15, 0.2) is 0 Å². The summed E-state index contributed by atoms with van der Waals surface area (Å²) in [5.74, 6) is 1.25. The first-order valence-corrected chi connectivity index (χ1v) is 7.54. The van der Waals surface area contributed by atoms with Crippen molar-refractivity contribution in [2.24, 2.45) is 0 Å². The molecule has 0 amide bonds. The predicted octanol–water partition coefficient (Wildman–Crippen LogP) is 4.99. The molecule has 0 saturated heterocycles. The van der Waals surface area contributed by atoms with Crippen molar-refractivity contribution >= 4 is 23.2 Å². The van der Waals surface area contributed by atoms with E-state index in [1.54, 1.807) is 18.2 Å². The van der Waals surface area contributed by atoms with Gasteiger partial charge in [0.1, 0.15) is 5.75 Å². The van der Waals surface area contributed by atoms with E-state index in [1.807, 2.05) is 19.1 Å². The predicted molar refractivity (Wildman–Crippen MR) is 87.5 cm³/mol. The van der Waals surface area contributed by atoms with Gasteiger partial charge in [0.2, 0.25) is 5.88 Å². The minimum atomic E-state index is 0.367. The molecule has 112 valence electrons. The molecule has 1 aromatic carbocycles.